The zero-order valence-electron chi connectivity index (χ0n) is 9.68. The van der Waals surface area contributed by atoms with Gasteiger partial charge in [-0.15, -0.1) is 6.42 Å². The fourth-order valence-corrected chi connectivity index (χ4v) is 1.14. The molecule has 0 spiro atoms. The van der Waals surface area contributed by atoms with Gasteiger partial charge in [0.15, 0.2) is 0 Å². The molecule has 0 aliphatic rings. The standard InChI is InChI=1S/C12H23NO/c1-5-12(6-2)13-9-7-8-10-14-11(3)4/h1,11-13H,6-10H2,2-4H3. The van der Waals surface area contributed by atoms with E-state index in [9.17, 15) is 0 Å². The van der Waals surface area contributed by atoms with Crippen molar-refractivity contribution in [3.05, 3.63) is 0 Å². The van der Waals surface area contributed by atoms with Gasteiger partial charge >= 0.3 is 0 Å². The average molecular weight is 197 g/mol. The number of rotatable bonds is 8. The van der Waals surface area contributed by atoms with Crippen molar-refractivity contribution in [2.45, 2.75) is 52.2 Å². The molecule has 1 N–H and O–H groups in total. The molecule has 0 aliphatic carbocycles. The minimum Gasteiger partial charge on any atom is -0.379 e. The van der Waals surface area contributed by atoms with E-state index in [0.29, 0.717) is 6.10 Å². The van der Waals surface area contributed by atoms with Crippen molar-refractivity contribution >= 4 is 0 Å². The van der Waals surface area contributed by atoms with E-state index < -0.39 is 0 Å². The van der Waals surface area contributed by atoms with E-state index in [1.807, 2.05) is 0 Å². The first-order valence-corrected chi connectivity index (χ1v) is 5.51. The van der Waals surface area contributed by atoms with E-state index in [2.05, 4.69) is 32.0 Å². The third kappa shape index (κ3) is 8.10. The Morgan fingerprint density at radius 3 is 2.57 bits per heavy atom. The molecule has 2 heteroatoms. The van der Waals surface area contributed by atoms with Crippen LogP contribution in [0.5, 0.6) is 0 Å². The predicted octanol–water partition coefficient (Wildman–Crippen LogP) is 2.19. The lowest BCUT2D eigenvalue weighted by Gasteiger charge is -2.10. The molecular weight excluding hydrogens is 174 g/mol. The molecule has 0 bridgehead atoms. The molecule has 0 aromatic heterocycles. The van der Waals surface area contributed by atoms with Gasteiger partial charge in [-0.2, -0.15) is 0 Å². The van der Waals surface area contributed by atoms with Crippen LogP contribution >= 0.6 is 0 Å². The molecule has 0 fully saturated rings. The van der Waals surface area contributed by atoms with Crippen LogP contribution < -0.4 is 5.32 Å². The Hall–Kier alpha value is -0.520. The number of hydrogen-bond acceptors (Lipinski definition) is 2. The molecule has 0 rings (SSSR count). The van der Waals surface area contributed by atoms with E-state index >= 15 is 0 Å². The summed E-state index contributed by atoms with van der Waals surface area (Å²) < 4.78 is 5.43. The zero-order valence-corrected chi connectivity index (χ0v) is 9.68. The van der Waals surface area contributed by atoms with Crippen LogP contribution in [0.4, 0.5) is 0 Å². The van der Waals surface area contributed by atoms with Gasteiger partial charge in [-0.05, 0) is 39.7 Å². The van der Waals surface area contributed by atoms with Gasteiger partial charge in [0, 0.05) is 6.61 Å². The minimum absolute atomic E-state index is 0.237. The lowest BCUT2D eigenvalue weighted by molar-refractivity contribution is 0.0760. The second kappa shape index (κ2) is 9.05. The second-order valence-corrected chi connectivity index (χ2v) is 3.71. The third-order valence-corrected chi connectivity index (χ3v) is 2.02. The fourth-order valence-electron chi connectivity index (χ4n) is 1.14. The highest BCUT2D eigenvalue weighted by atomic mass is 16.5. The Morgan fingerprint density at radius 1 is 1.36 bits per heavy atom. The van der Waals surface area contributed by atoms with Crippen LogP contribution in [0.3, 0.4) is 0 Å². The number of terminal acetylenes is 1. The van der Waals surface area contributed by atoms with Crippen molar-refractivity contribution in [2.75, 3.05) is 13.2 Å². The number of nitrogens with one attached hydrogen (secondary N) is 1. The summed E-state index contributed by atoms with van der Waals surface area (Å²) >= 11 is 0. The first-order chi connectivity index (χ1) is 6.70. The third-order valence-electron chi connectivity index (χ3n) is 2.02. The molecular formula is C12H23NO. The Labute approximate surface area is 88.4 Å². The summed E-state index contributed by atoms with van der Waals surface area (Å²) in [6, 6.07) is 0.237. The first kappa shape index (κ1) is 13.5. The molecule has 0 amide bonds. The molecule has 0 saturated carbocycles. The quantitative estimate of drug-likeness (QED) is 0.476. The normalized spacial score (nSPS) is 12.8. The topological polar surface area (TPSA) is 21.3 Å². The molecule has 2 nitrogen and oxygen atoms in total. The van der Waals surface area contributed by atoms with Gasteiger partial charge in [-0.1, -0.05) is 12.8 Å². The molecule has 0 radical (unpaired) electrons. The summed E-state index contributed by atoms with van der Waals surface area (Å²) in [6.07, 6.45) is 8.90. The van der Waals surface area contributed by atoms with Crippen LogP contribution in [0.25, 0.3) is 0 Å². The summed E-state index contributed by atoms with van der Waals surface area (Å²) in [5.74, 6) is 2.72. The lowest BCUT2D eigenvalue weighted by Crippen LogP contribution is -2.27. The molecule has 0 saturated heterocycles. The summed E-state index contributed by atoms with van der Waals surface area (Å²) in [5.41, 5.74) is 0. The van der Waals surface area contributed by atoms with Crippen LogP contribution in [-0.4, -0.2) is 25.3 Å². The largest absolute Gasteiger partial charge is 0.379 e. The van der Waals surface area contributed by atoms with E-state index in [-0.39, 0.29) is 6.04 Å². The summed E-state index contributed by atoms with van der Waals surface area (Å²) in [7, 11) is 0. The average Bonchev–Trinajstić information content (AvgIpc) is 2.16. The van der Waals surface area contributed by atoms with Crippen molar-refractivity contribution in [2.24, 2.45) is 0 Å². The maximum Gasteiger partial charge on any atom is 0.0684 e. The van der Waals surface area contributed by atoms with Crippen molar-refractivity contribution < 1.29 is 4.74 Å². The monoisotopic (exact) mass is 197 g/mol. The SMILES string of the molecule is C#CC(CC)NCCCCOC(C)C. The molecule has 82 valence electrons. The summed E-state index contributed by atoms with van der Waals surface area (Å²) in [6.45, 7) is 8.06. The van der Waals surface area contributed by atoms with Crippen LogP contribution in [-0.2, 0) is 4.74 Å². The van der Waals surface area contributed by atoms with Gasteiger partial charge in [0.1, 0.15) is 0 Å². The van der Waals surface area contributed by atoms with Crippen molar-refractivity contribution in [1.29, 1.82) is 0 Å². The molecule has 0 heterocycles. The second-order valence-electron chi connectivity index (χ2n) is 3.71. The zero-order chi connectivity index (χ0) is 10.8. The van der Waals surface area contributed by atoms with Crippen molar-refractivity contribution in [3.8, 4) is 12.3 Å². The van der Waals surface area contributed by atoms with Gasteiger partial charge in [0.05, 0.1) is 12.1 Å². The molecule has 1 unspecified atom stereocenters. The highest BCUT2D eigenvalue weighted by molar-refractivity contribution is 4.97. The molecule has 0 aliphatic heterocycles. The van der Waals surface area contributed by atoms with Gasteiger partial charge in [0.2, 0.25) is 0 Å². The Bertz CT molecular complexity index is 160. The predicted molar refractivity (Wildman–Crippen MR) is 61.2 cm³/mol. The minimum atomic E-state index is 0.237. The van der Waals surface area contributed by atoms with E-state index in [1.165, 1.54) is 0 Å². The maximum absolute atomic E-state index is 5.43. The van der Waals surface area contributed by atoms with Crippen LogP contribution in [0.2, 0.25) is 0 Å². The molecule has 0 aromatic rings. The molecule has 0 aromatic carbocycles. The van der Waals surface area contributed by atoms with E-state index in [1.54, 1.807) is 0 Å². The van der Waals surface area contributed by atoms with Gasteiger partial charge in [-0.25, -0.2) is 0 Å². The maximum atomic E-state index is 5.43. The van der Waals surface area contributed by atoms with E-state index in [0.717, 1.165) is 32.4 Å². The Morgan fingerprint density at radius 2 is 2.07 bits per heavy atom. The van der Waals surface area contributed by atoms with Crippen LogP contribution in [0.1, 0.15) is 40.0 Å². The molecule has 1 atom stereocenters. The van der Waals surface area contributed by atoms with Gasteiger partial charge in [0.25, 0.3) is 0 Å². The number of hydrogen-bond donors (Lipinski definition) is 1. The highest BCUT2D eigenvalue weighted by Crippen LogP contribution is 1.94. The van der Waals surface area contributed by atoms with E-state index in [4.69, 9.17) is 11.2 Å². The highest BCUT2D eigenvalue weighted by Gasteiger charge is 1.99. The Balaban J connectivity index is 3.17. The van der Waals surface area contributed by atoms with Crippen molar-refractivity contribution in [3.63, 3.8) is 0 Å². The van der Waals surface area contributed by atoms with Crippen LogP contribution in [0.15, 0.2) is 0 Å². The molecule has 14 heavy (non-hydrogen) atoms. The van der Waals surface area contributed by atoms with Crippen LogP contribution in [0, 0.1) is 12.3 Å². The Kier molecular flexibility index (Phi) is 8.72. The number of unbranched alkanes of at least 4 members (excludes halogenated alkanes) is 1. The van der Waals surface area contributed by atoms with Crippen molar-refractivity contribution in [1.82, 2.24) is 5.32 Å². The lowest BCUT2D eigenvalue weighted by atomic mass is 10.2. The smallest absolute Gasteiger partial charge is 0.0684 e. The van der Waals surface area contributed by atoms with Gasteiger partial charge in [-0.3, -0.25) is 0 Å². The summed E-state index contributed by atoms with van der Waals surface area (Å²) in [5, 5.41) is 3.32. The first-order valence-electron chi connectivity index (χ1n) is 5.51. The number of ether oxygens (including phenoxy) is 1. The fraction of sp³-hybridized carbons (Fsp3) is 0.833. The summed E-state index contributed by atoms with van der Waals surface area (Å²) in [4.78, 5) is 0. The van der Waals surface area contributed by atoms with Gasteiger partial charge < -0.3 is 10.1 Å².